The van der Waals surface area contributed by atoms with Gasteiger partial charge in [-0.1, -0.05) is 15.9 Å². The Hall–Kier alpha value is -0.580. The Morgan fingerprint density at radius 3 is 2.76 bits per heavy atom. The Bertz CT molecular complexity index is 364. The molecule has 94 valence electrons. The SMILES string of the molecule is CC1(C)COCC(COc2ccc(Br)cc2)N1. The van der Waals surface area contributed by atoms with Gasteiger partial charge in [0.2, 0.25) is 0 Å². The van der Waals surface area contributed by atoms with Crippen molar-refractivity contribution in [3.05, 3.63) is 28.7 Å². The Labute approximate surface area is 111 Å². The summed E-state index contributed by atoms with van der Waals surface area (Å²) < 4.78 is 12.3. The van der Waals surface area contributed by atoms with Crippen LogP contribution in [0.15, 0.2) is 28.7 Å². The summed E-state index contributed by atoms with van der Waals surface area (Å²) in [4.78, 5) is 0. The van der Waals surface area contributed by atoms with Gasteiger partial charge in [0.15, 0.2) is 0 Å². The third-order valence-electron chi connectivity index (χ3n) is 2.64. The summed E-state index contributed by atoms with van der Waals surface area (Å²) in [6.45, 7) is 6.37. The highest BCUT2D eigenvalue weighted by molar-refractivity contribution is 9.10. The van der Waals surface area contributed by atoms with Gasteiger partial charge < -0.3 is 14.8 Å². The topological polar surface area (TPSA) is 30.5 Å². The van der Waals surface area contributed by atoms with Gasteiger partial charge in [-0.3, -0.25) is 0 Å². The maximum absolute atomic E-state index is 5.73. The predicted molar refractivity (Wildman–Crippen MR) is 71.5 cm³/mol. The lowest BCUT2D eigenvalue weighted by Crippen LogP contribution is -2.57. The molecule has 0 saturated carbocycles. The average Bonchev–Trinajstić information content (AvgIpc) is 2.27. The van der Waals surface area contributed by atoms with E-state index in [0.29, 0.717) is 13.2 Å². The van der Waals surface area contributed by atoms with Crippen molar-refractivity contribution < 1.29 is 9.47 Å². The minimum Gasteiger partial charge on any atom is -0.492 e. The molecule has 0 bridgehead atoms. The lowest BCUT2D eigenvalue weighted by molar-refractivity contribution is 0.000947. The summed E-state index contributed by atoms with van der Waals surface area (Å²) in [6, 6.07) is 8.12. The maximum Gasteiger partial charge on any atom is 0.119 e. The van der Waals surface area contributed by atoms with Crippen molar-refractivity contribution in [3.63, 3.8) is 0 Å². The third-order valence-corrected chi connectivity index (χ3v) is 3.17. The second-order valence-electron chi connectivity index (χ2n) is 5.01. The smallest absolute Gasteiger partial charge is 0.119 e. The van der Waals surface area contributed by atoms with E-state index in [4.69, 9.17) is 9.47 Å². The van der Waals surface area contributed by atoms with Crippen molar-refractivity contribution in [2.75, 3.05) is 19.8 Å². The predicted octanol–water partition coefficient (Wildman–Crippen LogP) is 2.59. The van der Waals surface area contributed by atoms with Crippen LogP contribution in [-0.4, -0.2) is 31.4 Å². The zero-order valence-electron chi connectivity index (χ0n) is 10.2. The Kier molecular flexibility index (Phi) is 4.07. The number of hydrogen-bond acceptors (Lipinski definition) is 3. The molecule has 2 rings (SSSR count). The first-order chi connectivity index (χ1) is 8.05. The van der Waals surface area contributed by atoms with Gasteiger partial charge in [0.05, 0.1) is 19.3 Å². The van der Waals surface area contributed by atoms with Crippen LogP contribution in [-0.2, 0) is 4.74 Å². The van der Waals surface area contributed by atoms with E-state index in [2.05, 4.69) is 35.1 Å². The van der Waals surface area contributed by atoms with E-state index in [1.54, 1.807) is 0 Å². The molecule has 4 heteroatoms. The van der Waals surface area contributed by atoms with Gasteiger partial charge in [-0.15, -0.1) is 0 Å². The summed E-state index contributed by atoms with van der Waals surface area (Å²) in [5.41, 5.74) is 0.0337. The second-order valence-corrected chi connectivity index (χ2v) is 5.92. The maximum atomic E-state index is 5.73. The first-order valence-electron chi connectivity index (χ1n) is 5.79. The molecular formula is C13H18BrNO2. The van der Waals surface area contributed by atoms with Crippen LogP contribution in [0, 0.1) is 0 Å². The van der Waals surface area contributed by atoms with Crippen molar-refractivity contribution in [2.45, 2.75) is 25.4 Å². The highest BCUT2D eigenvalue weighted by Gasteiger charge is 2.27. The molecule has 1 aromatic rings. The van der Waals surface area contributed by atoms with Gasteiger partial charge in [0.1, 0.15) is 12.4 Å². The van der Waals surface area contributed by atoms with E-state index in [-0.39, 0.29) is 11.6 Å². The number of nitrogens with one attached hydrogen (secondary N) is 1. The quantitative estimate of drug-likeness (QED) is 0.931. The Balaban J connectivity index is 1.84. The molecule has 1 saturated heterocycles. The second kappa shape index (κ2) is 5.38. The molecule has 0 amide bonds. The first-order valence-corrected chi connectivity index (χ1v) is 6.58. The fraction of sp³-hybridized carbons (Fsp3) is 0.538. The normalized spacial score (nSPS) is 23.4. The number of halogens is 1. The molecule has 1 aliphatic rings. The van der Waals surface area contributed by atoms with Gasteiger partial charge in [-0.25, -0.2) is 0 Å². The molecule has 0 aromatic heterocycles. The molecule has 0 radical (unpaired) electrons. The van der Waals surface area contributed by atoms with Crippen LogP contribution in [0.25, 0.3) is 0 Å². The van der Waals surface area contributed by atoms with Crippen LogP contribution in [0.3, 0.4) is 0 Å². The van der Waals surface area contributed by atoms with Gasteiger partial charge in [-0.05, 0) is 38.1 Å². The van der Waals surface area contributed by atoms with Gasteiger partial charge >= 0.3 is 0 Å². The standard InChI is InChI=1S/C13H18BrNO2/c1-13(2)9-16-7-11(15-13)8-17-12-5-3-10(14)4-6-12/h3-6,11,15H,7-9H2,1-2H3. The molecule has 1 aliphatic heterocycles. The van der Waals surface area contributed by atoms with Crippen molar-refractivity contribution in [1.82, 2.24) is 5.32 Å². The molecule has 1 N–H and O–H groups in total. The fourth-order valence-electron chi connectivity index (χ4n) is 1.91. The average molecular weight is 300 g/mol. The van der Waals surface area contributed by atoms with E-state index in [0.717, 1.165) is 16.8 Å². The fourth-order valence-corrected chi connectivity index (χ4v) is 2.17. The highest BCUT2D eigenvalue weighted by atomic mass is 79.9. The zero-order chi connectivity index (χ0) is 12.3. The molecule has 1 unspecified atom stereocenters. The van der Waals surface area contributed by atoms with Crippen molar-refractivity contribution in [3.8, 4) is 5.75 Å². The van der Waals surface area contributed by atoms with Crippen LogP contribution in [0.4, 0.5) is 0 Å². The monoisotopic (exact) mass is 299 g/mol. The number of ether oxygens (including phenoxy) is 2. The van der Waals surface area contributed by atoms with Crippen LogP contribution in [0.1, 0.15) is 13.8 Å². The Morgan fingerprint density at radius 1 is 1.41 bits per heavy atom. The number of rotatable bonds is 3. The summed E-state index contributed by atoms with van der Waals surface area (Å²) in [7, 11) is 0. The van der Waals surface area contributed by atoms with Gasteiger partial charge in [-0.2, -0.15) is 0 Å². The zero-order valence-corrected chi connectivity index (χ0v) is 11.8. The first kappa shape index (κ1) is 12.9. The minimum absolute atomic E-state index is 0.0337. The molecule has 17 heavy (non-hydrogen) atoms. The molecule has 1 atom stereocenters. The minimum atomic E-state index is 0.0337. The Morgan fingerprint density at radius 2 is 2.12 bits per heavy atom. The van der Waals surface area contributed by atoms with Crippen LogP contribution in [0.2, 0.25) is 0 Å². The molecule has 0 aliphatic carbocycles. The van der Waals surface area contributed by atoms with Crippen molar-refractivity contribution in [1.29, 1.82) is 0 Å². The van der Waals surface area contributed by atoms with Crippen molar-refractivity contribution >= 4 is 15.9 Å². The summed E-state index contributed by atoms with van der Waals surface area (Å²) in [5, 5.41) is 3.52. The van der Waals surface area contributed by atoms with Crippen LogP contribution >= 0.6 is 15.9 Å². The van der Waals surface area contributed by atoms with E-state index in [1.807, 2.05) is 24.3 Å². The number of morpholine rings is 1. The molecule has 0 spiro atoms. The molecular weight excluding hydrogens is 282 g/mol. The van der Waals surface area contributed by atoms with Crippen molar-refractivity contribution in [2.24, 2.45) is 0 Å². The highest BCUT2D eigenvalue weighted by Crippen LogP contribution is 2.17. The lowest BCUT2D eigenvalue weighted by atomic mass is 10.0. The summed E-state index contributed by atoms with van der Waals surface area (Å²) in [5.74, 6) is 0.887. The largest absolute Gasteiger partial charge is 0.492 e. The van der Waals surface area contributed by atoms with E-state index >= 15 is 0 Å². The summed E-state index contributed by atoms with van der Waals surface area (Å²) in [6.07, 6.45) is 0. The third kappa shape index (κ3) is 3.98. The molecule has 1 heterocycles. The number of hydrogen-bond donors (Lipinski definition) is 1. The summed E-state index contributed by atoms with van der Waals surface area (Å²) >= 11 is 3.40. The molecule has 1 aromatic carbocycles. The van der Waals surface area contributed by atoms with E-state index < -0.39 is 0 Å². The number of benzene rings is 1. The van der Waals surface area contributed by atoms with Crippen LogP contribution < -0.4 is 10.1 Å². The van der Waals surface area contributed by atoms with Gasteiger partial charge in [0, 0.05) is 10.0 Å². The molecule has 1 fully saturated rings. The van der Waals surface area contributed by atoms with Crippen LogP contribution in [0.5, 0.6) is 5.75 Å². The van der Waals surface area contributed by atoms with E-state index in [1.165, 1.54) is 0 Å². The van der Waals surface area contributed by atoms with E-state index in [9.17, 15) is 0 Å². The lowest BCUT2D eigenvalue weighted by Gasteiger charge is -2.36. The molecule has 3 nitrogen and oxygen atoms in total. The van der Waals surface area contributed by atoms with Gasteiger partial charge in [0.25, 0.3) is 0 Å².